The van der Waals surface area contributed by atoms with Crippen LogP contribution in [-0.4, -0.2) is 40.6 Å². The lowest BCUT2D eigenvalue weighted by Crippen LogP contribution is -2.37. The van der Waals surface area contributed by atoms with Crippen LogP contribution in [0.25, 0.3) is 0 Å². The monoisotopic (exact) mass is 642 g/mol. The van der Waals surface area contributed by atoms with E-state index in [4.69, 9.17) is 4.98 Å². The fraction of sp³-hybridized carbons (Fsp3) is 0.556. The first kappa shape index (κ1) is 32.2. The zero-order chi connectivity index (χ0) is 31.7. The Kier molecular flexibility index (Phi) is 9.67. The first-order chi connectivity index (χ1) is 21.6. The molecule has 2 saturated carbocycles. The van der Waals surface area contributed by atoms with Gasteiger partial charge < -0.3 is 10.0 Å². The van der Waals surface area contributed by atoms with Crippen molar-refractivity contribution in [3.05, 3.63) is 86.6 Å². The zero-order valence-corrected chi connectivity index (χ0v) is 26.6. The molecule has 3 aliphatic rings. The number of hydrogen-bond acceptors (Lipinski definition) is 4. The number of alkyl halides is 3. The van der Waals surface area contributed by atoms with E-state index >= 15 is 0 Å². The van der Waals surface area contributed by atoms with E-state index in [1.54, 1.807) is 35.6 Å². The standard InChI is InChI=1S/C36H42F4N2O2S/c1-2-32-34(45-33(41-32)17-23-8-10-28(11-9-23)36(38,39)40)24-12-14-42(15-13-24)21-27-18-26(31(35(43)44)16-22-6-7-22)20-30(27)25-4-3-5-29(37)19-25/h3-5,8-11,19,22,24,26-27,30-31H,2,6-7,12-18,20-21H2,1H3,(H,43,44)/t26-,27+,30+,31-/m0/s1. The Bertz CT molecular complexity index is 1460. The van der Waals surface area contributed by atoms with Crippen LogP contribution in [0, 0.1) is 29.5 Å². The molecule has 2 aromatic carbocycles. The molecule has 4 atom stereocenters. The molecule has 1 aliphatic heterocycles. The van der Waals surface area contributed by atoms with E-state index in [-0.39, 0.29) is 23.6 Å². The third kappa shape index (κ3) is 7.79. The molecule has 0 radical (unpaired) electrons. The molecule has 2 aliphatic carbocycles. The molecule has 242 valence electrons. The van der Waals surface area contributed by atoms with Gasteiger partial charge in [0.1, 0.15) is 5.82 Å². The number of thiazole rings is 1. The summed E-state index contributed by atoms with van der Waals surface area (Å²) in [6, 6.07) is 12.3. The van der Waals surface area contributed by atoms with Crippen molar-refractivity contribution in [2.45, 2.75) is 82.7 Å². The average Bonchev–Trinajstić information content (AvgIpc) is 3.60. The lowest BCUT2D eigenvalue weighted by Gasteiger charge is -2.35. The second kappa shape index (κ2) is 13.5. The van der Waals surface area contributed by atoms with Crippen LogP contribution in [0.15, 0.2) is 48.5 Å². The van der Waals surface area contributed by atoms with Crippen LogP contribution in [-0.2, 0) is 23.8 Å². The fourth-order valence-electron chi connectivity index (χ4n) is 7.81. The summed E-state index contributed by atoms with van der Waals surface area (Å²) in [4.78, 5) is 21.0. The number of likely N-dealkylation sites (tertiary alicyclic amines) is 1. The average molecular weight is 643 g/mol. The number of aromatic nitrogens is 1. The topological polar surface area (TPSA) is 53.4 Å². The van der Waals surface area contributed by atoms with E-state index in [9.17, 15) is 27.5 Å². The molecule has 6 rings (SSSR count). The highest BCUT2D eigenvalue weighted by Gasteiger charge is 2.44. The molecule has 0 spiro atoms. The zero-order valence-electron chi connectivity index (χ0n) is 25.7. The predicted octanol–water partition coefficient (Wildman–Crippen LogP) is 8.94. The number of halogens is 4. The molecule has 3 fully saturated rings. The van der Waals surface area contributed by atoms with Crippen molar-refractivity contribution in [2.24, 2.45) is 23.7 Å². The van der Waals surface area contributed by atoms with Crippen LogP contribution in [0.1, 0.15) is 96.0 Å². The van der Waals surface area contributed by atoms with Crippen LogP contribution in [0.3, 0.4) is 0 Å². The quantitative estimate of drug-likeness (QED) is 0.212. The lowest BCUT2D eigenvalue weighted by atomic mass is 9.85. The molecule has 3 aromatic rings. The third-order valence-electron chi connectivity index (χ3n) is 10.4. The number of nitrogens with zero attached hydrogens (tertiary/aromatic N) is 2. The van der Waals surface area contributed by atoms with Gasteiger partial charge in [0.2, 0.25) is 0 Å². The van der Waals surface area contributed by atoms with Gasteiger partial charge in [-0.2, -0.15) is 13.2 Å². The molecule has 1 aromatic heterocycles. The number of piperidine rings is 1. The van der Waals surface area contributed by atoms with Gasteiger partial charge in [-0.3, -0.25) is 4.79 Å². The highest BCUT2D eigenvalue weighted by molar-refractivity contribution is 7.11. The molecule has 45 heavy (non-hydrogen) atoms. The molecular weight excluding hydrogens is 600 g/mol. The number of hydrogen-bond donors (Lipinski definition) is 1. The molecule has 0 bridgehead atoms. The van der Waals surface area contributed by atoms with Gasteiger partial charge in [0, 0.05) is 17.8 Å². The van der Waals surface area contributed by atoms with E-state index in [2.05, 4.69) is 11.8 Å². The second-order valence-electron chi connectivity index (χ2n) is 13.5. The Hall–Kier alpha value is -2.78. The van der Waals surface area contributed by atoms with Crippen molar-refractivity contribution in [1.29, 1.82) is 0 Å². The lowest BCUT2D eigenvalue weighted by molar-refractivity contribution is -0.144. The maximum absolute atomic E-state index is 14.3. The molecule has 0 unspecified atom stereocenters. The van der Waals surface area contributed by atoms with Gasteiger partial charge >= 0.3 is 12.1 Å². The Morgan fingerprint density at radius 2 is 1.80 bits per heavy atom. The van der Waals surface area contributed by atoms with Gasteiger partial charge in [-0.15, -0.1) is 11.3 Å². The highest BCUT2D eigenvalue weighted by atomic mass is 32.1. The summed E-state index contributed by atoms with van der Waals surface area (Å²) < 4.78 is 53.2. The van der Waals surface area contributed by atoms with E-state index in [1.165, 1.54) is 10.9 Å². The van der Waals surface area contributed by atoms with Crippen LogP contribution < -0.4 is 0 Å². The maximum atomic E-state index is 14.3. The first-order valence-electron chi connectivity index (χ1n) is 16.4. The van der Waals surface area contributed by atoms with Crippen molar-refractivity contribution in [3.63, 3.8) is 0 Å². The summed E-state index contributed by atoms with van der Waals surface area (Å²) in [7, 11) is 0. The summed E-state index contributed by atoms with van der Waals surface area (Å²) in [6.45, 7) is 4.89. The first-order valence-corrected chi connectivity index (χ1v) is 17.2. The molecule has 2 heterocycles. The number of carboxylic acid groups (broad SMARTS) is 1. The van der Waals surface area contributed by atoms with Gasteiger partial charge in [-0.25, -0.2) is 9.37 Å². The Morgan fingerprint density at radius 1 is 1.07 bits per heavy atom. The number of rotatable bonds is 11. The third-order valence-corrected chi connectivity index (χ3v) is 11.6. The summed E-state index contributed by atoms with van der Waals surface area (Å²) in [5.41, 5.74) is 2.28. The van der Waals surface area contributed by atoms with Crippen LogP contribution in [0.5, 0.6) is 0 Å². The molecule has 1 N–H and O–H groups in total. The summed E-state index contributed by atoms with van der Waals surface area (Å²) in [6.07, 6.45) is 3.74. The van der Waals surface area contributed by atoms with Crippen molar-refractivity contribution in [2.75, 3.05) is 19.6 Å². The molecule has 9 heteroatoms. The number of carbonyl (C=O) groups is 1. The Balaban J connectivity index is 1.10. The van der Waals surface area contributed by atoms with Crippen molar-refractivity contribution >= 4 is 17.3 Å². The number of aliphatic carboxylic acids is 1. The van der Waals surface area contributed by atoms with Crippen molar-refractivity contribution in [3.8, 4) is 0 Å². The predicted molar refractivity (Wildman–Crippen MR) is 168 cm³/mol. The molecule has 1 saturated heterocycles. The van der Waals surface area contributed by atoms with Crippen LogP contribution in [0.4, 0.5) is 17.6 Å². The van der Waals surface area contributed by atoms with Crippen LogP contribution >= 0.6 is 11.3 Å². The van der Waals surface area contributed by atoms with E-state index in [0.717, 1.165) is 105 Å². The number of aryl methyl sites for hydroxylation is 1. The Morgan fingerprint density at radius 3 is 2.42 bits per heavy atom. The summed E-state index contributed by atoms with van der Waals surface area (Å²) in [5, 5.41) is 11.1. The van der Waals surface area contributed by atoms with Gasteiger partial charge in [-0.1, -0.05) is 44.0 Å². The van der Waals surface area contributed by atoms with E-state index in [1.807, 2.05) is 6.07 Å². The largest absolute Gasteiger partial charge is 0.481 e. The number of carboxylic acids is 1. The minimum Gasteiger partial charge on any atom is -0.481 e. The minimum absolute atomic E-state index is 0.117. The van der Waals surface area contributed by atoms with E-state index in [0.29, 0.717) is 24.2 Å². The SMILES string of the molecule is CCc1nc(Cc2ccc(C(F)(F)F)cc2)sc1C1CCN(C[C@H]2C[C@H]([C@H](CC3CC3)C(=O)O)C[C@@H]2c2cccc(F)c2)CC1. The second-order valence-corrected chi connectivity index (χ2v) is 14.6. The Labute approximate surface area is 266 Å². The van der Waals surface area contributed by atoms with Crippen molar-refractivity contribution < 1.29 is 27.5 Å². The normalized spacial score (nSPS) is 23.8. The molecule has 4 nitrogen and oxygen atoms in total. The minimum atomic E-state index is -4.34. The smallest absolute Gasteiger partial charge is 0.416 e. The maximum Gasteiger partial charge on any atom is 0.416 e. The van der Waals surface area contributed by atoms with Gasteiger partial charge in [0.05, 0.1) is 22.2 Å². The summed E-state index contributed by atoms with van der Waals surface area (Å²) >= 11 is 1.70. The summed E-state index contributed by atoms with van der Waals surface area (Å²) in [5.74, 6) is 0.279. The van der Waals surface area contributed by atoms with Gasteiger partial charge in [-0.05, 0) is 117 Å². The van der Waals surface area contributed by atoms with Gasteiger partial charge in [0.25, 0.3) is 0 Å². The fourth-order valence-corrected chi connectivity index (χ4v) is 9.17. The molecular formula is C36H42F4N2O2S. The van der Waals surface area contributed by atoms with E-state index < -0.39 is 17.7 Å². The van der Waals surface area contributed by atoms with Crippen molar-refractivity contribution in [1.82, 2.24) is 9.88 Å². The van der Waals surface area contributed by atoms with Gasteiger partial charge in [0.15, 0.2) is 0 Å². The van der Waals surface area contributed by atoms with Crippen LogP contribution in [0.2, 0.25) is 0 Å². The highest BCUT2D eigenvalue weighted by Crippen LogP contribution is 2.50. The molecule has 0 amide bonds. The number of benzene rings is 2.